The number of hydrogen-bond acceptors (Lipinski definition) is 4. The Morgan fingerprint density at radius 2 is 1.06 bits per heavy atom. The van der Waals surface area contributed by atoms with Crippen LogP contribution in [-0.4, -0.2) is 41.9 Å². The molecule has 34 heavy (non-hydrogen) atoms. The van der Waals surface area contributed by atoms with E-state index in [0.29, 0.717) is 12.8 Å². The minimum Gasteiger partial charge on any atom is -0.391 e. The third-order valence-electron chi connectivity index (χ3n) is 6.56. The van der Waals surface area contributed by atoms with Gasteiger partial charge in [0.2, 0.25) is 5.91 Å². The minimum absolute atomic E-state index is 0.252. The maximum Gasteiger partial charge on any atom is 0.266 e. The standard InChI is InChI=1S/C27H55NO5S/c1-3-5-7-9-11-13-14-15-16-18-20-22-26(29)25(24-34(31,32)33)28-27(30)23-21-19-17-12-10-8-6-4-2/h25-26,29H,3-24H2,1-2H3,(H,28,30)(H,31,32,33). The SMILES string of the molecule is CCCCCCCCCCCCCC(O)C(CS(=O)(=O)O)NC(=O)CCCCCCCCCC. The van der Waals surface area contributed by atoms with E-state index in [1.807, 2.05) is 0 Å². The maximum absolute atomic E-state index is 12.3. The predicted octanol–water partition coefficient (Wildman–Crippen LogP) is 6.95. The monoisotopic (exact) mass is 505 g/mol. The first-order valence-electron chi connectivity index (χ1n) is 14.2. The number of hydrogen-bond donors (Lipinski definition) is 3. The fourth-order valence-electron chi connectivity index (χ4n) is 4.39. The zero-order valence-electron chi connectivity index (χ0n) is 22.2. The number of unbranched alkanes of at least 4 members (excludes halogenated alkanes) is 17. The normalized spacial score (nSPS) is 13.6. The van der Waals surface area contributed by atoms with Gasteiger partial charge >= 0.3 is 0 Å². The molecular formula is C27H55NO5S. The van der Waals surface area contributed by atoms with Gasteiger partial charge in [0.15, 0.2) is 0 Å². The number of carbonyl (C=O) groups is 1. The molecule has 0 aliphatic heterocycles. The van der Waals surface area contributed by atoms with Crippen LogP contribution in [0.15, 0.2) is 0 Å². The average Bonchev–Trinajstić information content (AvgIpc) is 2.77. The average molecular weight is 506 g/mol. The van der Waals surface area contributed by atoms with Crippen molar-refractivity contribution in [2.75, 3.05) is 5.75 Å². The van der Waals surface area contributed by atoms with Gasteiger partial charge in [-0.3, -0.25) is 9.35 Å². The van der Waals surface area contributed by atoms with Gasteiger partial charge in [0, 0.05) is 6.42 Å². The molecule has 0 aromatic carbocycles. The number of amides is 1. The Morgan fingerprint density at radius 1 is 0.676 bits per heavy atom. The summed E-state index contributed by atoms with van der Waals surface area (Å²) in [4.78, 5) is 12.3. The molecule has 0 heterocycles. The zero-order chi connectivity index (χ0) is 25.5. The highest BCUT2D eigenvalue weighted by Crippen LogP contribution is 2.14. The molecule has 0 aliphatic rings. The Bertz CT molecular complexity index is 567. The molecule has 0 saturated heterocycles. The summed E-state index contributed by atoms with van der Waals surface area (Å²) in [5, 5.41) is 13.1. The molecule has 0 aromatic heterocycles. The molecule has 3 N–H and O–H groups in total. The van der Waals surface area contributed by atoms with Crippen molar-refractivity contribution in [1.29, 1.82) is 0 Å². The van der Waals surface area contributed by atoms with Crippen LogP contribution in [0.5, 0.6) is 0 Å². The molecule has 7 heteroatoms. The summed E-state index contributed by atoms with van der Waals surface area (Å²) in [5.41, 5.74) is 0. The summed E-state index contributed by atoms with van der Waals surface area (Å²) in [6, 6.07) is -0.959. The molecule has 204 valence electrons. The summed E-state index contributed by atoms with van der Waals surface area (Å²) < 4.78 is 32.0. The van der Waals surface area contributed by atoms with E-state index in [1.165, 1.54) is 83.5 Å². The molecule has 0 aromatic rings. The van der Waals surface area contributed by atoms with Gasteiger partial charge in [0.1, 0.15) is 0 Å². The molecule has 0 fully saturated rings. The van der Waals surface area contributed by atoms with Crippen LogP contribution in [0.25, 0.3) is 0 Å². The number of aliphatic hydroxyl groups is 1. The van der Waals surface area contributed by atoms with Crippen LogP contribution < -0.4 is 5.32 Å². The molecule has 2 unspecified atom stereocenters. The van der Waals surface area contributed by atoms with E-state index in [4.69, 9.17) is 0 Å². The van der Waals surface area contributed by atoms with Crippen LogP contribution in [0, 0.1) is 0 Å². The lowest BCUT2D eigenvalue weighted by Gasteiger charge is -2.23. The van der Waals surface area contributed by atoms with Crippen LogP contribution in [0.4, 0.5) is 0 Å². The van der Waals surface area contributed by atoms with Crippen LogP contribution in [0.2, 0.25) is 0 Å². The number of rotatable bonds is 25. The highest BCUT2D eigenvalue weighted by Gasteiger charge is 2.25. The van der Waals surface area contributed by atoms with Crippen LogP contribution in [0.3, 0.4) is 0 Å². The Morgan fingerprint density at radius 3 is 1.47 bits per heavy atom. The fraction of sp³-hybridized carbons (Fsp3) is 0.963. The van der Waals surface area contributed by atoms with Crippen molar-refractivity contribution in [2.24, 2.45) is 0 Å². The van der Waals surface area contributed by atoms with E-state index >= 15 is 0 Å². The predicted molar refractivity (Wildman–Crippen MR) is 143 cm³/mol. The van der Waals surface area contributed by atoms with E-state index in [-0.39, 0.29) is 5.91 Å². The Labute approximate surface area is 210 Å². The van der Waals surface area contributed by atoms with Gasteiger partial charge in [0.25, 0.3) is 10.1 Å². The quantitative estimate of drug-likeness (QED) is 0.0919. The third-order valence-corrected chi connectivity index (χ3v) is 7.34. The van der Waals surface area contributed by atoms with Crippen molar-refractivity contribution in [3.8, 4) is 0 Å². The van der Waals surface area contributed by atoms with Gasteiger partial charge in [-0.2, -0.15) is 8.42 Å². The van der Waals surface area contributed by atoms with Crippen molar-refractivity contribution < 1.29 is 22.9 Å². The second kappa shape index (κ2) is 22.8. The number of carbonyl (C=O) groups excluding carboxylic acids is 1. The van der Waals surface area contributed by atoms with Gasteiger partial charge < -0.3 is 10.4 Å². The Hall–Kier alpha value is -0.660. The van der Waals surface area contributed by atoms with Gasteiger partial charge in [-0.25, -0.2) is 0 Å². The molecular weight excluding hydrogens is 450 g/mol. The van der Waals surface area contributed by atoms with E-state index in [0.717, 1.165) is 38.5 Å². The molecule has 0 spiro atoms. The zero-order valence-corrected chi connectivity index (χ0v) is 23.1. The first-order valence-corrected chi connectivity index (χ1v) is 15.8. The second-order valence-electron chi connectivity index (χ2n) is 10.0. The summed E-state index contributed by atoms with van der Waals surface area (Å²) >= 11 is 0. The van der Waals surface area contributed by atoms with Crippen molar-refractivity contribution in [2.45, 2.75) is 161 Å². The lowest BCUT2D eigenvalue weighted by atomic mass is 10.0. The summed E-state index contributed by atoms with van der Waals surface area (Å²) in [6.07, 6.45) is 22.0. The first kappa shape index (κ1) is 33.3. The van der Waals surface area contributed by atoms with Crippen molar-refractivity contribution in [1.82, 2.24) is 5.32 Å². The lowest BCUT2D eigenvalue weighted by Crippen LogP contribution is -2.47. The molecule has 0 bridgehead atoms. The van der Waals surface area contributed by atoms with Gasteiger partial charge in [-0.15, -0.1) is 0 Å². The largest absolute Gasteiger partial charge is 0.391 e. The maximum atomic E-state index is 12.3. The van der Waals surface area contributed by atoms with Crippen molar-refractivity contribution in [3.63, 3.8) is 0 Å². The summed E-state index contributed by atoms with van der Waals surface area (Å²) in [6.45, 7) is 4.43. The molecule has 6 nitrogen and oxygen atoms in total. The fourth-order valence-corrected chi connectivity index (χ4v) is 5.15. The molecule has 0 aliphatic carbocycles. The topological polar surface area (TPSA) is 104 Å². The minimum atomic E-state index is -4.28. The second-order valence-corrected chi connectivity index (χ2v) is 11.5. The van der Waals surface area contributed by atoms with E-state index in [2.05, 4.69) is 19.2 Å². The highest BCUT2D eigenvalue weighted by molar-refractivity contribution is 7.85. The van der Waals surface area contributed by atoms with Gasteiger partial charge in [0.05, 0.1) is 17.9 Å². The van der Waals surface area contributed by atoms with Crippen molar-refractivity contribution >= 4 is 16.0 Å². The highest BCUT2D eigenvalue weighted by atomic mass is 32.2. The molecule has 0 rings (SSSR count). The van der Waals surface area contributed by atoms with Gasteiger partial charge in [-0.05, 0) is 12.8 Å². The van der Waals surface area contributed by atoms with Crippen LogP contribution >= 0.6 is 0 Å². The van der Waals surface area contributed by atoms with Gasteiger partial charge in [-0.1, -0.05) is 129 Å². The van der Waals surface area contributed by atoms with E-state index in [1.54, 1.807) is 0 Å². The Balaban J connectivity index is 4.05. The molecule has 2 atom stereocenters. The van der Waals surface area contributed by atoms with Crippen molar-refractivity contribution in [3.05, 3.63) is 0 Å². The summed E-state index contributed by atoms with van der Waals surface area (Å²) in [7, 11) is -4.28. The first-order chi connectivity index (χ1) is 16.3. The smallest absolute Gasteiger partial charge is 0.266 e. The summed E-state index contributed by atoms with van der Waals surface area (Å²) in [5.74, 6) is -0.896. The number of nitrogens with one attached hydrogen (secondary N) is 1. The third kappa shape index (κ3) is 23.1. The molecule has 1 amide bonds. The van der Waals surface area contributed by atoms with Crippen LogP contribution in [-0.2, 0) is 14.9 Å². The van der Waals surface area contributed by atoms with Crippen LogP contribution in [0.1, 0.15) is 149 Å². The lowest BCUT2D eigenvalue weighted by molar-refractivity contribution is -0.122. The van der Waals surface area contributed by atoms with E-state index < -0.39 is 28.0 Å². The molecule has 0 radical (unpaired) electrons. The van der Waals surface area contributed by atoms with E-state index in [9.17, 15) is 22.9 Å². The Kier molecular flexibility index (Phi) is 22.3. The number of aliphatic hydroxyl groups excluding tert-OH is 1. The molecule has 0 saturated carbocycles.